The normalized spacial score (nSPS) is 19.0. The molecule has 0 spiro atoms. The number of amides is 2. The summed E-state index contributed by atoms with van der Waals surface area (Å²) < 4.78 is 0. The van der Waals surface area contributed by atoms with E-state index < -0.39 is 6.04 Å². The number of hydrogen-bond acceptors (Lipinski definition) is 3. The van der Waals surface area contributed by atoms with Crippen molar-refractivity contribution in [1.82, 2.24) is 16.0 Å². The van der Waals surface area contributed by atoms with Gasteiger partial charge in [0.2, 0.25) is 11.8 Å². The van der Waals surface area contributed by atoms with Crippen molar-refractivity contribution in [3.05, 3.63) is 0 Å². The second kappa shape index (κ2) is 6.59. The zero-order valence-corrected chi connectivity index (χ0v) is 10.9. The lowest BCUT2D eigenvalue weighted by atomic mass is 9.88. The predicted molar refractivity (Wildman–Crippen MR) is 66.4 cm³/mol. The van der Waals surface area contributed by atoms with Crippen molar-refractivity contribution in [3.8, 4) is 0 Å². The smallest absolute Gasteiger partial charge is 0.242 e. The van der Waals surface area contributed by atoms with Crippen LogP contribution in [0.1, 0.15) is 27.2 Å². The summed E-state index contributed by atoms with van der Waals surface area (Å²) in [6.45, 7) is 8.07. The highest BCUT2D eigenvalue weighted by Crippen LogP contribution is 2.15. The SMILES string of the molecule is CCCNC(=O)C(C)NC(=O)C(C)C1CNC1. The fourth-order valence-electron chi connectivity index (χ4n) is 1.69. The van der Waals surface area contributed by atoms with E-state index in [9.17, 15) is 9.59 Å². The van der Waals surface area contributed by atoms with Crippen molar-refractivity contribution in [2.75, 3.05) is 19.6 Å². The Labute approximate surface area is 103 Å². The summed E-state index contributed by atoms with van der Waals surface area (Å²) in [7, 11) is 0. The second-order valence-corrected chi connectivity index (χ2v) is 4.73. The van der Waals surface area contributed by atoms with Crippen LogP contribution in [0.4, 0.5) is 0 Å². The van der Waals surface area contributed by atoms with Gasteiger partial charge in [0.25, 0.3) is 0 Å². The maximum absolute atomic E-state index is 11.8. The van der Waals surface area contributed by atoms with Crippen molar-refractivity contribution < 1.29 is 9.59 Å². The van der Waals surface area contributed by atoms with Gasteiger partial charge in [-0.25, -0.2) is 0 Å². The monoisotopic (exact) mass is 241 g/mol. The fraction of sp³-hybridized carbons (Fsp3) is 0.833. The Morgan fingerprint density at radius 1 is 1.29 bits per heavy atom. The first kappa shape index (κ1) is 14.0. The van der Waals surface area contributed by atoms with Crippen LogP contribution in [0.2, 0.25) is 0 Å². The third-order valence-electron chi connectivity index (χ3n) is 3.24. The van der Waals surface area contributed by atoms with E-state index in [0.29, 0.717) is 12.5 Å². The van der Waals surface area contributed by atoms with E-state index in [1.54, 1.807) is 6.92 Å². The number of nitrogens with one attached hydrogen (secondary N) is 3. The van der Waals surface area contributed by atoms with Crippen LogP contribution in [0.5, 0.6) is 0 Å². The molecule has 3 N–H and O–H groups in total. The maximum atomic E-state index is 11.8. The highest BCUT2D eigenvalue weighted by Gasteiger charge is 2.29. The summed E-state index contributed by atoms with van der Waals surface area (Å²) in [4.78, 5) is 23.4. The minimum Gasteiger partial charge on any atom is -0.354 e. The minimum absolute atomic E-state index is 0.0299. The van der Waals surface area contributed by atoms with E-state index in [0.717, 1.165) is 19.5 Å². The third kappa shape index (κ3) is 4.00. The lowest BCUT2D eigenvalue weighted by molar-refractivity contribution is -0.131. The van der Waals surface area contributed by atoms with Crippen molar-refractivity contribution in [2.24, 2.45) is 11.8 Å². The number of hydrogen-bond donors (Lipinski definition) is 3. The van der Waals surface area contributed by atoms with E-state index in [4.69, 9.17) is 0 Å². The van der Waals surface area contributed by atoms with Crippen LogP contribution in [0, 0.1) is 11.8 Å². The van der Waals surface area contributed by atoms with Gasteiger partial charge >= 0.3 is 0 Å². The van der Waals surface area contributed by atoms with Gasteiger partial charge in [-0.05, 0) is 32.4 Å². The number of carbonyl (C=O) groups excluding carboxylic acids is 2. The van der Waals surface area contributed by atoms with Crippen molar-refractivity contribution in [2.45, 2.75) is 33.2 Å². The molecule has 1 aliphatic rings. The molecule has 1 saturated heterocycles. The van der Waals surface area contributed by atoms with Crippen molar-refractivity contribution in [3.63, 3.8) is 0 Å². The molecule has 0 saturated carbocycles. The zero-order valence-electron chi connectivity index (χ0n) is 10.9. The Morgan fingerprint density at radius 2 is 1.94 bits per heavy atom. The Bertz CT molecular complexity index is 277. The molecule has 0 aromatic carbocycles. The van der Waals surface area contributed by atoms with Crippen LogP contribution in [0.3, 0.4) is 0 Å². The van der Waals surface area contributed by atoms with Crippen LogP contribution in [0.25, 0.3) is 0 Å². The summed E-state index contributed by atoms with van der Waals surface area (Å²) in [5.74, 6) is 0.230. The molecule has 1 fully saturated rings. The summed E-state index contributed by atoms with van der Waals surface area (Å²) in [6, 6.07) is -0.454. The van der Waals surface area contributed by atoms with Gasteiger partial charge in [-0.1, -0.05) is 13.8 Å². The molecule has 1 heterocycles. The lowest BCUT2D eigenvalue weighted by Gasteiger charge is -2.32. The highest BCUT2D eigenvalue weighted by atomic mass is 16.2. The quantitative estimate of drug-likeness (QED) is 0.607. The maximum Gasteiger partial charge on any atom is 0.242 e. The van der Waals surface area contributed by atoms with Gasteiger partial charge in [0, 0.05) is 12.5 Å². The molecule has 1 rings (SSSR count). The molecule has 2 amide bonds. The Hall–Kier alpha value is -1.10. The van der Waals surface area contributed by atoms with Crippen LogP contribution in [-0.4, -0.2) is 37.5 Å². The number of rotatable bonds is 6. The molecule has 0 radical (unpaired) electrons. The molecule has 1 aliphatic heterocycles. The largest absolute Gasteiger partial charge is 0.354 e. The predicted octanol–water partition coefficient (Wildman–Crippen LogP) is -0.127. The van der Waals surface area contributed by atoms with Crippen LogP contribution < -0.4 is 16.0 Å². The van der Waals surface area contributed by atoms with Crippen LogP contribution >= 0.6 is 0 Å². The average molecular weight is 241 g/mol. The average Bonchev–Trinajstić information content (AvgIpc) is 2.23. The molecule has 0 aliphatic carbocycles. The van der Waals surface area contributed by atoms with Gasteiger partial charge in [0.1, 0.15) is 6.04 Å². The zero-order chi connectivity index (χ0) is 12.8. The topological polar surface area (TPSA) is 70.2 Å². The fourth-order valence-corrected chi connectivity index (χ4v) is 1.69. The molecule has 5 heteroatoms. The van der Waals surface area contributed by atoms with Gasteiger partial charge in [-0.2, -0.15) is 0 Å². The molecule has 5 nitrogen and oxygen atoms in total. The molecule has 0 aromatic rings. The van der Waals surface area contributed by atoms with Gasteiger partial charge in [-0.3, -0.25) is 9.59 Å². The van der Waals surface area contributed by atoms with Gasteiger partial charge in [-0.15, -0.1) is 0 Å². The van der Waals surface area contributed by atoms with Gasteiger partial charge in [0.05, 0.1) is 0 Å². The Balaban J connectivity index is 2.31. The summed E-state index contributed by atoms with van der Waals surface area (Å²) in [6.07, 6.45) is 0.899. The first-order chi connectivity index (χ1) is 8.06. The van der Waals surface area contributed by atoms with Crippen molar-refractivity contribution >= 4 is 11.8 Å². The van der Waals surface area contributed by atoms with Gasteiger partial charge in [0.15, 0.2) is 0 Å². The van der Waals surface area contributed by atoms with Gasteiger partial charge < -0.3 is 16.0 Å². The van der Waals surface area contributed by atoms with E-state index in [-0.39, 0.29) is 17.7 Å². The van der Waals surface area contributed by atoms with E-state index >= 15 is 0 Å². The summed E-state index contributed by atoms with van der Waals surface area (Å²) >= 11 is 0. The third-order valence-corrected chi connectivity index (χ3v) is 3.24. The van der Waals surface area contributed by atoms with E-state index in [1.807, 2.05) is 13.8 Å². The van der Waals surface area contributed by atoms with E-state index in [1.165, 1.54) is 0 Å². The first-order valence-electron chi connectivity index (χ1n) is 6.35. The first-order valence-corrected chi connectivity index (χ1v) is 6.35. The van der Waals surface area contributed by atoms with Crippen LogP contribution in [-0.2, 0) is 9.59 Å². The molecule has 0 aromatic heterocycles. The number of carbonyl (C=O) groups is 2. The van der Waals surface area contributed by atoms with Crippen molar-refractivity contribution in [1.29, 1.82) is 0 Å². The molecule has 2 atom stereocenters. The molecule has 0 bridgehead atoms. The second-order valence-electron chi connectivity index (χ2n) is 4.73. The lowest BCUT2D eigenvalue weighted by Crippen LogP contribution is -2.52. The molecular weight excluding hydrogens is 218 g/mol. The summed E-state index contributed by atoms with van der Waals surface area (Å²) in [5, 5.41) is 8.67. The van der Waals surface area contributed by atoms with Crippen LogP contribution in [0.15, 0.2) is 0 Å². The molecule has 2 unspecified atom stereocenters. The molecular formula is C12H23N3O2. The highest BCUT2D eigenvalue weighted by molar-refractivity contribution is 5.88. The minimum atomic E-state index is -0.454. The Morgan fingerprint density at radius 3 is 2.41 bits per heavy atom. The summed E-state index contributed by atoms with van der Waals surface area (Å²) in [5.41, 5.74) is 0. The molecule has 98 valence electrons. The van der Waals surface area contributed by atoms with E-state index in [2.05, 4.69) is 16.0 Å². The Kier molecular flexibility index (Phi) is 5.41. The molecule has 17 heavy (non-hydrogen) atoms. The standard InChI is InChI=1S/C12H23N3O2/c1-4-5-14-12(17)9(3)15-11(16)8(2)10-6-13-7-10/h8-10,13H,4-7H2,1-3H3,(H,14,17)(H,15,16).